The summed E-state index contributed by atoms with van der Waals surface area (Å²) in [7, 11) is 1.37. The topological polar surface area (TPSA) is 82.4 Å². The van der Waals surface area contributed by atoms with Crippen molar-refractivity contribution in [2.45, 2.75) is 31.8 Å². The Balaban J connectivity index is 1.70. The van der Waals surface area contributed by atoms with Crippen molar-refractivity contribution in [2.75, 3.05) is 31.8 Å². The first-order chi connectivity index (χ1) is 11.8. The van der Waals surface area contributed by atoms with Crippen molar-refractivity contribution in [2.24, 2.45) is 5.92 Å². The minimum absolute atomic E-state index is 0.0519. The van der Waals surface area contributed by atoms with E-state index in [4.69, 9.17) is 9.47 Å². The summed E-state index contributed by atoms with van der Waals surface area (Å²) in [5.41, 5.74) is 0.666. The van der Waals surface area contributed by atoms with Gasteiger partial charge in [0.15, 0.2) is 5.65 Å². The maximum Gasteiger partial charge on any atom is 0.327 e. The first kappa shape index (κ1) is 15.3. The summed E-state index contributed by atoms with van der Waals surface area (Å²) in [6.45, 7) is 2.66. The number of esters is 1. The number of anilines is 1. The summed E-state index contributed by atoms with van der Waals surface area (Å²) in [6.07, 6.45) is 6.66. The van der Waals surface area contributed by atoms with Crippen LogP contribution in [0.4, 0.5) is 5.82 Å². The third-order valence-electron chi connectivity index (χ3n) is 5.00. The Hall–Kier alpha value is -2.22. The molecule has 8 heteroatoms. The zero-order valence-electron chi connectivity index (χ0n) is 13.7. The van der Waals surface area contributed by atoms with Gasteiger partial charge in [0.05, 0.1) is 25.3 Å². The SMILES string of the molecule is COC(=O)Cn1ncc2c(N3CCC[C@H]4COCC[C@H]43)ncnc21. The molecule has 0 bridgehead atoms. The highest BCUT2D eigenvalue weighted by Crippen LogP contribution is 2.34. The first-order valence-electron chi connectivity index (χ1n) is 8.35. The lowest BCUT2D eigenvalue weighted by molar-refractivity contribution is -0.141. The average Bonchev–Trinajstić information content (AvgIpc) is 3.04. The fourth-order valence-corrected chi connectivity index (χ4v) is 3.84. The quantitative estimate of drug-likeness (QED) is 0.776. The number of piperidine rings is 1. The van der Waals surface area contributed by atoms with Gasteiger partial charge in [-0.05, 0) is 19.3 Å². The van der Waals surface area contributed by atoms with Gasteiger partial charge in [-0.3, -0.25) is 4.79 Å². The van der Waals surface area contributed by atoms with E-state index in [-0.39, 0.29) is 12.5 Å². The van der Waals surface area contributed by atoms with Gasteiger partial charge >= 0.3 is 5.97 Å². The van der Waals surface area contributed by atoms with E-state index in [1.54, 1.807) is 17.2 Å². The number of rotatable bonds is 3. The van der Waals surface area contributed by atoms with Crippen molar-refractivity contribution in [1.82, 2.24) is 19.7 Å². The van der Waals surface area contributed by atoms with E-state index in [9.17, 15) is 4.79 Å². The summed E-state index contributed by atoms with van der Waals surface area (Å²) in [6, 6.07) is 0.453. The molecule has 2 aliphatic rings. The highest BCUT2D eigenvalue weighted by atomic mass is 16.5. The van der Waals surface area contributed by atoms with Crippen molar-refractivity contribution in [3.63, 3.8) is 0 Å². The highest BCUT2D eigenvalue weighted by Gasteiger charge is 2.35. The summed E-state index contributed by atoms with van der Waals surface area (Å²) in [4.78, 5) is 22.8. The Morgan fingerprint density at radius 1 is 1.42 bits per heavy atom. The molecule has 4 heterocycles. The van der Waals surface area contributed by atoms with Gasteiger partial charge in [-0.15, -0.1) is 0 Å². The third kappa shape index (κ3) is 2.60. The molecule has 2 saturated heterocycles. The number of carbonyl (C=O) groups is 1. The Kier molecular flexibility index (Phi) is 4.05. The number of aromatic nitrogens is 4. The maximum atomic E-state index is 11.5. The van der Waals surface area contributed by atoms with Crippen LogP contribution in [-0.2, 0) is 20.8 Å². The monoisotopic (exact) mass is 331 g/mol. The van der Waals surface area contributed by atoms with Crippen LogP contribution in [0, 0.1) is 5.92 Å². The number of hydrogen-bond donors (Lipinski definition) is 0. The van der Waals surface area contributed by atoms with Crippen LogP contribution in [0.5, 0.6) is 0 Å². The van der Waals surface area contributed by atoms with Crippen LogP contribution in [0.2, 0.25) is 0 Å². The Labute approximate surface area is 139 Å². The molecule has 4 rings (SSSR count). The molecule has 0 unspecified atom stereocenters. The van der Waals surface area contributed by atoms with Gasteiger partial charge in [0.1, 0.15) is 18.7 Å². The lowest BCUT2D eigenvalue weighted by Gasteiger charge is -2.44. The molecule has 2 aromatic rings. The summed E-state index contributed by atoms with van der Waals surface area (Å²) in [5, 5.41) is 5.19. The fourth-order valence-electron chi connectivity index (χ4n) is 3.84. The molecule has 0 aromatic carbocycles. The van der Waals surface area contributed by atoms with Crippen molar-refractivity contribution in [3.05, 3.63) is 12.5 Å². The van der Waals surface area contributed by atoms with E-state index in [1.807, 2.05) is 0 Å². The number of ether oxygens (including phenoxy) is 2. The van der Waals surface area contributed by atoms with Gasteiger partial charge in [-0.1, -0.05) is 0 Å². The molecule has 0 N–H and O–H groups in total. The van der Waals surface area contributed by atoms with Gasteiger partial charge < -0.3 is 14.4 Å². The van der Waals surface area contributed by atoms with E-state index in [2.05, 4.69) is 20.0 Å². The molecule has 2 fully saturated rings. The molecule has 2 aliphatic heterocycles. The molecular weight excluding hydrogens is 310 g/mol. The van der Waals surface area contributed by atoms with E-state index in [1.165, 1.54) is 13.5 Å². The molecule has 0 radical (unpaired) electrons. The van der Waals surface area contributed by atoms with Gasteiger partial charge in [0, 0.05) is 25.1 Å². The molecule has 8 nitrogen and oxygen atoms in total. The zero-order valence-corrected chi connectivity index (χ0v) is 13.7. The van der Waals surface area contributed by atoms with Gasteiger partial charge in [-0.2, -0.15) is 5.10 Å². The second kappa shape index (κ2) is 6.35. The van der Waals surface area contributed by atoms with Crippen molar-refractivity contribution in [1.29, 1.82) is 0 Å². The van der Waals surface area contributed by atoms with Crippen LogP contribution in [0.1, 0.15) is 19.3 Å². The second-order valence-electron chi connectivity index (χ2n) is 6.34. The highest BCUT2D eigenvalue weighted by molar-refractivity contribution is 5.87. The van der Waals surface area contributed by atoms with E-state index >= 15 is 0 Å². The average molecular weight is 331 g/mol. The molecule has 2 atom stereocenters. The maximum absolute atomic E-state index is 11.5. The molecule has 2 aromatic heterocycles. The van der Waals surface area contributed by atoms with Crippen LogP contribution >= 0.6 is 0 Å². The predicted octanol–water partition coefficient (Wildman–Crippen LogP) is 1.00. The Bertz CT molecular complexity index is 744. The second-order valence-corrected chi connectivity index (χ2v) is 6.34. The normalized spacial score (nSPS) is 24.0. The van der Waals surface area contributed by atoms with Crippen LogP contribution < -0.4 is 4.90 Å². The number of hydrogen-bond acceptors (Lipinski definition) is 7. The van der Waals surface area contributed by atoms with E-state index in [0.717, 1.165) is 43.8 Å². The fraction of sp³-hybridized carbons (Fsp3) is 0.625. The Morgan fingerprint density at radius 3 is 3.21 bits per heavy atom. The van der Waals surface area contributed by atoms with Crippen molar-refractivity contribution < 1.29 is 14.3 Å². The molecule has 0 aliphatic carbocycles. The number of carbonyl (C=O) groups excluding carboxylic acids is 1. The van der Waals surface area contributed by atoms with Crippen molar-refractivity contribution >= 4 is 22.8 Å². The van der Waals surface area contributed by atoms with Gasteiger partial charge in [0.2, 0.25) is 0 Å². The lowest BCUT2D eigenvalue weighted by Crippen LogP contribution is -2.50. The molecule has 0 amide bonds. The molecule has 0 spiro atoms. The van der Waals surface area contributed by atoms with Gasteiger partial charge in [0.25, 0.3) is 0 Å². The summed E-state index contributed by atoms with van der Waals surface area (Å²) >= 11 is 0. The van der Waals surface area contributed by atoms with E-state index < -0.39 is 0 Å². The number of methoxy groups -OCH3 is 1. The molecule has 24 heavy (non-hydrogen) atoms. The van der Waals surface area contributed by atoms with Crippen LogP contribution in [0.25, 0.3) is 11.0 Å². The van der Waals surface area contributed by atoms with Crippen LogP contribution in [-0.4, -0.2) is 58.6 Å². The minimum Gasteiger partial charge on any atom is -0.468 e. The zero-order chi connectivity index (χ0) is 16.5. The van der Waals surface area contributed by atoms with Gasteiger partial charge in [-0.25, -0.2) is 14.6 Å². The smallest absolute Gasteiger partial charge is 0.327 e. The van der Waals surface area contributed by atoms with Crippen molar-refractivity contribution in [3.8, 4) is 0 Å². The molecular formula is C16H21N5O3. The van der Waals surface area contributed by atoms with Crippen LogP contribution in [0.15, 0.2) is 12.5 Å². The predicted molar refractivity (Wildman–Crippen MR) is 86.6 cm³/mol. The van der Waals surface area contributed by atoms with E-state index in [0.29, 0.717) is 17.6 Å². The molecule has 128 valence electrons. The Morgan fingerprint density at radius 2 is 2.33 bits per heavy atom. The lowest BCUT2D eigenvalue weighted by atomic mass is 9.86. The number of nitrogens with zero attached hydrogens (tertiary/aromatic N) is 5. The number of fused-ring (bicyclic) bond motifs is 2. The standard InChI is InChI=1S/C16H21N5O3/c1-23-14(22)8-21-16-12(7-19-21)15(17-10-18-16)20-5-2-3-11-9-24-6-4-13(11)20/h7,10-11,13H,2-6,8-9H2,1H3/t11-,13+/m0/s1. The van der Waals surface area contributed by atoms with Crippen LogP contribution in [0.3, 0.4) is 0 Å². The minimum atomic E-state index is -0.345. The largest absolute Gasteiger partial charge is 0.468 e. The molecule has 0 saturated carbocycles. The summed E-state index contributed by atoms with van der Waals surface area (Å²) < 4.78 is 11.9. The first-order valence-corrected chi connectivity index (χ1v) is 8.35. The summed E-state index contributed by atoms with van der Waals surface area (Å²) in [5.74, 6) is 1.12. The third-order valence-corrected chi connectivity index (χ3v) is 5.00.